The Morgan fingerprint density at radius 2 is 1.76 bits per heavy atom. The molecular formula is C19H22N2O3S. The van der Waals surface area contributed by atoms with Gasteiger partial charge in [-0.25, -0.2) is 0 Å². The third-order valence-corrected chi connectivity index (χ3v) is 4.64. The number of hydrogen-bond donors (Lipinski definition) is 1. The van der Waals surface area contributed by atoms with Crippen molar-refractivity contribution in [1.29, 1.82) is 0 Å². The van der Waals surface area contributed by atoms with Crippen LogP contribution in [0.5, 0.6) is 0 Å². The fourth-order valence-electron chi connectivity index (χ4n) is 2.32. The molecule has 132 valence electrons. The van der Waals surface area contributed by atoms with E-state index in [0.29, 0.717) is 11.4 Å². The van der Waals surface area contributed by atoms with Crippen LogP contribution in [0.25, 0.3) is 0 Å². The molecular weight excluding hydrogens is 336 g/mol. The largest absolute Gasteiger partial charge is 0.356 e. The van der Waals surface area contributed by atoms with Crippen molar-refractivity contribution in [3.63, 3.8) is 0 Å². The average molecular weight is 358 g/mol. The van der Waals surface area contributed by atoms with Gasteiger partial charge in [-0.05, 0) is 17.0 Å². The van der Waals surface area contributed by atoms with Gasteiger partial charge < -0.3 is 10.2 Å². The van der Waals surface area contributed by atoms with E-state index in [2.05, 4.69) is 5.32 Å². The average Bonchev–Trinajstić information content (AvgIpc) is 3.15. The summed E-state index contributed by atoms with van der Waals surface area (Å²) >= 11 is 1.38. The van der Waals surface area contributed by atoms with E-state index in [1.165, 1.54) is 11.3 Å². The predicted molar refractivity (Wildman–Crippen MR) is 98.4 cm³/mol. The van der Waals surface area contributed by atoms with Crippen molar-refractivity contribution < 1.29 is 14.4 Å². The molecule has 5 nitrogen and oxygen atoms in total. The van der Waals surface area contributed by atoms with Crippen LogP contribution in [0.2, 0.25) is 0 Å². The minimum atomic E-state index is -0.205. The zero-order valence-electron chi connectivity index (χ0n) is 14.2. The van der Waals surface area contributed by atoms with Crippen molar-refractivity contribution >= 4 is 28.9 Å². The number of nitrogens with one attached hydrogen (secondary N) is 1. The highest BCUT2D eigenvalue weighted by Crippen LogP contribution is 2.12. The van der Waals surface area contributed by atoms with Gasteiger partial charge in [-0.15, -0.1) is 11.3 Å². The van der Waals surface area contributed by atoms with Crippen LogP contribution in [-0.2, 0) is 16.1 Å². The van der Waals surface area contributed by atoms with Crippen LogP contribution in [0.3, 0.4) is 0 Å². The van der Waals surface area contributed by atoms with Gasteiger partial charge in [0.05, 0.1) is 4.88 Å². The standard InChI is InChI=1S/C19H22N2O3S/c1-21(14-15-6-3-2-4-7-15)19(24)11-12-20-18(23)10-9-16(22)17-8-5-13-25-17/h2-8,13H,9-12,14H2,1H3,(H,20,23). The molecule has 0 saturated heterocycles. The Morgan fingerprint density at radius 3 is 2.44 bits per heavy atom. The number of benzene rings is 1. The number of carbonyl (C=O) groups is 3. The summed E-state index contributed by atoms with van der Waals surface area (Å²) in [6.07, 6.45) is 0.576. The summed E-state index contributed by atoms with van der Waals surface area (Å²) in [7, 11) is 1.75. The van der Waals surface area contributed by atoms with Crippen LogP contribution in [0.1, 0.15) is 34.5 Å². The number of thiophene rings is 1. The monoisotopic (exact) mass is 358 g/mol. The number of carbonyl (C=O) groups excluding carboxylic acids is 3. The highest BCUT2D eigenvalue weighted by molar-refractivity contribution is 7.12. The fraction of sp³-hybridized carbons (Fsp3) is 0.316. The van der Waals surface area contributed by atoms with E-state index in [1.807, 2.05) is 41.8 Å². The second kappa shape index (κ2) is 9.74. The lowest BCUT2D eigenvalue weighted by molar-refractivity contribution is -0.130. The lowest BCUT2D eigenvalue weighted by atomic mass is 10.2. The Labute approximate surface area is 151 Å². The number of amides is 2. The molecule has 1 aromatic heterocycles. The summed E-state index contributed by atoms with van der Waals surface area (Å²) < 4.78 is 0. The van der Waals surface area contributed by atoms with E-state index in [9.17, 15) is 14.4 Å². The van der Waals surface area contributed by atoms with Crippen molar-refractivity contribution in [2.24, 2.45) is 0 Å². The molecule has 25 heavy (non-hydrogen) atoms. The molecule has 6 heteroatoms. The Hall–Kier alpha value is -2.47. The maximum atomic E-state index is 12.1. The second-order valence-electron chi connectivity index (χ2n) is 5.74. The third kappa shape index (κ3) is 6.51. The summed E-state index contributed by atoms with van der Waals surface area (Å²) in [6, 6.07) is 13.3. The van der Waals surface area contributed by atoms with Gasteiger partial charge in [0.15, 0.2) is 5.78 Å². The number of rotatable bonds is 9. The van der Waals surface area contributed by atoms with E-state index in [-0.39, 0.29) is 43.4 Å². The van der Waals surface area contributed by atoms with Gasteiger partial charge in [0.2, 0.25) is 11.8 Å². The van der Waals surface area contributed by atoms with E-state index in [0.717, 1.165) is 5.56 Å². The van der Waals surface area contributed by atoms with Crippen LogP contribution < -0.4 is 5.32 Å². The molecule has 0 bridgehead atoms. The van der Waals surface area contributed by atoms with Gasteiger partial charge in [0.25, 0.3) is 0 Å². The topological polar surface area (TPSA) is 66.5 Å². The molecule has 0 aliphatic rings. The predicted octanol–water partition coefficient (Wildman–Crippen LogP) is 2.88. The second-order valence-corrected chi connectivity index (χ2v) is 6.68. The third-order valence-electron chi connectivity index (χ3n) is 3.72. The van der Waals surface area contributed by atoms with Gasteiger partial charge in [0, 0.05) is 39.4 Å². The lowest BCUT2D eigenvalue weighted by Crippen LogP contribution is -2.32. The quantitative estimate of drug-likeness (QED) is 0.701. The van der Waals surface area contributed by atoms with Gasteiger partial charge in [-0.3, -0.25) is 14.4 Å². The molecule has 0 saturated carbocycles. The molecule has 0 fully saturated rings. The SMILES string of the molecule is CN(Cc1ccccc1)C(=O)CCNC(=O)CCC(=O)c1cccs1. The van der Waals surface area contributed by atoms with E-state index in [1.54, 1.807) is 18.0 Å². The Kier molecular flexibility index (Phi) is 7.35. The van der Waals surface area contributed by atoms with Gasteiger partial charge in [0.1, 0.15) is 0 Å². The molecule has 0 aliphatic carbocycles. The zero-order valence-corrected chi connectivity index (χ0v) is 15.1. The van der Waals surface area contributed by atoms with Crippen LogP contribution >= 0.6 is 11.3 Å². The summed E-state index contributed by atoms with van der Waals surface area (Å²) in [4.78, 5) is 38.0. The maximum absolute atomic E-state index is 12.1. The van der Waals surface area contributed by atoms with E-state index < -0.39 is 0 Å². The first-order valence-electron chi connectivity index (χ1n) is 8.17. The lowest BCUT2D eigenvalue weighted by Gasteiger charge is -2.17. The highest BCUT2D eigenvalue weighted by Gasteiger charge is 2.12. The normalized spacial score (nSPS) is 10.3. The first-order chi connectivity index (χ1) is 12.1. The Morgan fingerprint density at radius 1 is 1.00 bits per heavy atom. The van der Waals surface area contributed by atoms with Gasteiger partial charge in [-0.2, -0.15) is 0 Å². The molecule has 0 unspecified atom stereocenters. The summed E-state index contributed by atoms with van der Waals surface area (Å²) in [5.74, 6) is -0.258. The summed E-state index contributed by atoms with van der Waals surface area (Å²) in [5.41, 5.74) is 1.06. The molecule has 1 heterocycles. The number of Topliss-reactive ketones (excluding diaryl/α,β-unsaturated/α-hetero) is 1. The smallest absolute Gasteiger partial charge is 0.224 e. The molecule has 0 atom stereocenters. The molecule has 1 aromatic carbocycles. The molecule has 2 rings (SSSR count). The van der Waals surface area contributed by atoms with Crippen molar-refractivity contribution in [3.05, 3.63) is 58.3 Å². The van der Waals surface area contributed by atoms with Crippen LogP contribution in [0.4, 0.5) is 0 Å². The van der Waals surface area contributed by atoms with Crippen LogP contribution in [-0.4, -0.2) is 36.1 Å². The summed E-state index contributed by atoms with van der Waals surface area (Å²) in [6.45, 7) is 0.826. The van der Waals surface area contributed by atoms with Crippen molar-refractivity contribution in [3.8, 4) is 0 Å². The minimum absolute atomic E-state index is 0.0242. The van der Waals surface area contributed by atoms with Gasteiger partial charge >= 0.3 is 0 Å². The minimum Gasteiger partial charge on any atom is -0.356 e. The Bertz CT molecular complexity index is 699. The van der Waals surface area contributed by atoms with Crippen LogP contribution in [0, 0.1) is 0 Å². The first-order valence-corrected chi connectivity index (χ1v) is 9.05. The maximum Gasteiger partial charge on any atom is 0.224 e. The van der Waals surface area contributed by atoms with E-state index in [4.69, 9.17) is 0 Å². The van der Waals surface area contributed by atoms with Crippen molar-refractivity contribution in [2.45, 2.75) is 25.8 Å². The molecule has 0 spiro atoms. The number of hydrogen-bond acceptors (Lipinski definition) is 4. The van der Waals surface area contributed by atoms with Gasteiger partial charge in [-0.1, -0.05) is 36.4 Å². The fourth-order valence-corrected chi connectivity index (χ4v) is 3.02. The molecule has 0 radical (unpaired) electrons. The Balaban J connectivity index is 1.63. The van der Waals surface area contributed by atoms with E-state index >= 15 is 0 Å². The zero-order chi connectivity index (χ0) is 18.1. The van der Waals surface area contributed by atoms with Crippen molar-refractivity contribution in [1.82, 2.24) is 10.2 Å². The van der Waals surface area contributed by atoms with Crippen LogP contribution in [0.15, 0.2) is 47.8 Å². The number of nitrogens with zero attached hydrogens (tertiary/aromatic N) is 1. The van der Waals surface area contributed by atoms with Crippen molar-refractivity contribution in [2.75, 3.05) is 13.6 Å². The molecule has 1 N–H and O–H groups in total. The molecule has 0 aliphatic heterocycles. The first kappa shape index (κ1) is 18.9. The molecule has 2 aromatic rings. The molecule has 2 amide bonds. The number of ketones is 1. The summed E-state index contributed by atoms with van der Waals surface area (Å²) in [5, 5.41) is 4.54. The highest BCUT2D eigenvalue weighted by atomic mass is 32.1.